The first-order valence-corrected chi connectivity index (χ1v) is 21.3. The van der Waals surface area contributed by atoms with Crippen molar-refractivity contribution in [3.63, 3.8) is 0 Å². The van der Waals surface area contributed by atoms with Crippen LogP contribution in [0, 0.1) is 0 Å². The monoisotopic (exact) mass is 782 g/mol. The summed E-state index contributed by atoms with van der Waals surface area (Å²) in [4.78, 5) is 0.870. The molecular weight excluding hydrogens is 749 g/mol. The second-order valence-electron chi connectivity index (χ2n) is 13.7. The van der Waals surface area contributed by atoms with Crippen LogP contribution in [-0.2, 0) is 25.1 Å². The predicted molar refractivity (Wildman–Crippen MR) is 221 cm³/mol. The third-order valence-electron chi connectivity index (χ3n) is 10.4. The minimum atomic E-state index is -3.64. The third kappa shape index (κ3) is 6.39. The van der Waals surface area contributed by atoms with Crippen molar-refractivity contribution >= 4 is 19.7 Å². The molecule has 0 aromatic heterocycles. The molecule has 6 nitrogen and oxygen atoms in total. The number of ether oxygens (including phenoxy) is 2. The Hall–Kier alpha value is -6.74. The molecule has 1 aliphatic rings. The zero-order valence-corrected chi connectivity index (χ0v) is 32.0. The van der Waals surface area contributed by atoms with E-state index in [0.29, 0.717) is 23.0 Å². The van der Waals surface area contributed by atoms with Crippen LogP contribution in [0.5, 0.6) is 23.0 Å². The van der Waals surface area contributed by atoms with Gasteiger partial charge in [-0.1, -0.05) is 109 Å². The van der Waals surface area contributed by atoms with E-state index in [-0.39, 0.29) is 19.6 Å². The first kappa shape index (κ1) is 35.9. The molecule has 8 heteroatoms. The van der Waals surface area contributed by atoms with Crippen LogP contribution in [0.2, 0.25) is 0 Å². The summed E-state index contributed by atoms with van der Waals surface area (Å²) in [5.74, 6) is 2.25. The van der Waals surface area contributed by atoms with E-state index >= 15 is 0 Å². The quantitative estimate of drug-likeness (QED) is 0.137. The summed E-state index contributed by atoms with van der Waals surface area (Å²) < 4.78 is 64.9. The lowest BCUT2D eigenvalue weighted by Crippen LogP contribution is -2.28. The number of fused-ring (bicyclic) bond motifs is 3. The summed E-state index contributed by atoms with van der Waals surface area (Å²) in [6.45, 7) is 0. The van der Waals surface area contributed by atoms with E-state index in [0.717, 1.165) is 33.4 Å². The SMILES string of the molecule is O=S(=O)(c1ccccc1)c1ccc(Oc2ccc(C3(c4ccc(Oc5ccc(S(=O)(=O)c6ccccc6)cc5)cc4)c4ccccc4-c4ccccc43)cc2)cc1. The van der Waals surface area contributed by atoms with Gasteiger partial charge in [0.1, 0.15) is 23.0 Å². The summed E-state index contributed by atoms with van der Waals surface area (Å²) in [5.41, 5.74) is 6.04. The Bertz CT molecular complexity index is 2720. The largest absolute Gasteiger partial charge is 0.457 e. The molecule has 0 amide bonds. The molecule has 0 atom stereocenters. The molecule has 9 rings (SSSR count). The summed E-state index contributed by atoms with van der Waals surface area (Å²) >= 11 is 0. The van der Waals surface area contributed by atoms with Gasteiger partial charge >= 0.3 is 0 Å². The number of hydrogen-bond acceptors (Lipinski definition) is 6. The Morgan fingerprint density at radius 1 is 0.298 bits per heavy atom. The molecule has 0 aliphatic heterocycles. The van der Waals surface area contributed by atoms with Crippen LogP contribution in [0.25, 0.3) is 11.1 Å². The molecule has 0 saturated heterocycles. The van der Waals surface area contributed by atoms with Crippen LogP contribution in [0.15, 0.2) is 226 Å². The molecule has 0 bridgehead atoms. The second kappa shape index (κ2) is 14.4. The Balaban J connectivity index is 1.02. The molecule has 0 saturated carbocycles. The van der Waals surface area contributed by atoms with Crippen molar-refractivity contribution in [2.45, 2.75) is 25.0 Å². The number of rotatable bonds is 10. The Labute approximate surface area is 332 Å². The average molecular weight is 783 g/mol. The van der Waals surface area contributed by atoms with E-state index in [4.69, 9.17) is 9.47 Å². The van der Waals surface area contributed by atoms with E-state index in [1.165, 1.54) is 0 Å². The molecule has 8 aromatic carbocycles. The summed E-state index contributed by atoms with van der Waals surface area (Å²) in [6, 6.07) is 62.7. The normalized spacial score (nSPS) is 13.0. The van der Waals surface area contributed by atoms with E-state index in [9.17, 15) is 16.8 Å². The van der Waals surface area contributed by atoms with Crippen LogP contribution in [0.1, 0.15) is 22.3 Å². The van der Waals surface area contributed by atoms with Crippen molar-refractivity contribution in [3.05, 3.63) is 229 Å². The first-order chi connectivity index (χ1) is 27.7. The summed E-state index contributed by atoms with van der Waals surface area (Å²) in [5, 5.41) is 0. The van der Waals surface area contributed by atoms with Gasteiger partial charge in [-0.2, -0.15) is 0 Å². The molecule has 8 aromatic rings. The number of benzene rings is 8. The van der Waals surface area contributed by atoms with Crippen molar-refractivity contribution in [1.29, 1.82) is 0 Å². The maximum absolute atomic E-state index is 13.1. The zero-order valence-electron chi connectivity index (χ0n) is 30.4. The van der Waals surface area contributed by atoms with Gasteiger partial charge in [0.05, 0.1) is 25.0 Å². The van der Waals surface area contributed by atoms with Crippen molar-refractivity contribution in [2.24, 2.45) is 0 Å². The van der Waals surface area contributed by atoms with E-state index in [1.54, 1.807) is 109 Å². The van der Waals surface area contributed by atoms with Crippen molar-refractivity contribution in [2.75, 3.05) is 0 Å². The van der Waals surface area contributed by atoms with Gasteiger partial charge in [-0.3, -0.25) is 0 Å². The maximum atomic E-state index is 13.1. The highest BCUT2D eigenvalue weighted by molar-refractivity contribution is 7.91. The minimum absolute atomic E-state index is 0.195. The fraction of sp³-hybridized carbons (Fsp3) is 0.0204. The fourth-order valence-corrected chi connectivity index (χ4v) is 10.3. The highest BCUT2D eigenvalue weighted by Gasteiger charge is 2.45. The molecule has 0 spiro atoms. The lowest BCUT2D eigenvalue weighted by molar-refractivity contribution is 0.481. The van der Waals surface area contributed by atoms with Gasteiger partial charge in [0.15, 0.2) is 0 Å². The van der Waals surface area contributed by atoms with Crippen LogP contribution >= 0.6 is 0 Å². The molecule has 0 radical (unpaired) electrons. The molecule has 0 fully saturated rings. The molecule has 1 aliphatic carbocycles. The van der Waals surface area contributed by atoms with Gasteiger partial charge in [0.2, 0.25) is 19.7 Å². The lowest BCUT2D eigenvalue weighted by Gasteiger charge is -2.34. The van der Waals surface area contributed by atoms with E-state index in [2.05, 4.69) is 72.8 Å². The standard InChI is InChI=1S/C49H34O6S2/c50-56(51,41-11-3-1-4-12-41)43-31-27-39(28-32-43)54-37-23-19-35(20-24-37)49(47-17-9-7-15-45(47)46-16-8-10-18-48(46)49)36-21-25-38(26-22-36)55-40-29-33-44(34-30-40)57(52,53)42-13-5-2-6-14-42/h1-34H. The minimum Gasteiger partial charge on any atom is -0.457 e. The molecule has 57 heavy (non-hydrogen) atoms. The van der Waals surface area contributed by atoms with Gasteiger partial charge in [-0.25, -0.2) is 16.8 Å². The van der Waals surface area contributed by atoms with E-state index < -0.39 is 25.1 Å². The van der Waals surface area contributed by atoms with Gasteiger partial charge < -0.3 is 9.47 Å². The Morgan fingerprint density at radius 3 is 0.930 bits per heavy atom. The number of hydrogen-bond donors (Lipinski definition) is 0. The van der Waals surface area contributed by atoms with Gasteiger partial charge in [0, 0.05) is 0 Å². The van der Waals surface area contributed by atoms with E-state index in [1.807, 2.05) is 24.3 Å². The van der Waals surface area contributed by atoms with Crippen LogP contribution < -0.4 is 9.47 Å². The van der Waals surface area contributed by atoms with Crippen LogP contribution in [0.4, 0.5) is 0 Å². The highest BCUT2D eigenvalue weighted by atomic mass is 32.2. The summed E-state index contributed by atoms with van der Waals surface area (Å²) in [6.07, 6.45) is 0. The summed E-state index contributed by atoms with van der Waals surface area (Å²) in [7, 11) is -7.29. The van der Waals surface area contributed by atoms with Gasteiger partial charge in [-0.05, 0) is 130 Å². The molecule has 0 unspecified atom stereocenters. The molecule has 0 N–H and O–H groups in total. The molecular formula is C49H34O6S2. The Morgan fingerprint density at radius 2 is 0.579 bits per heavy atom. The topological polar surface area (TPSA) is 86.7 Å². The van der Waals surface area contributed by atoms with Gasteiger partial charge in [-0.15, -0.1) is 0 Å². The highest BCUT2D eigenvalue weighted by Crippen LogP contribution is 2.56. The smallest absolute Gasteiger partial charge is 0.206 e. The van der Waals surface area contributed by atoms with Crippen LogP contribution in [-0.4, -0.2) is 16.8 Å². The second-order valence-corrected chi connectivity index (χ2v) is 17.6. The third-order valence-corrected chi connectivity index (χ3v) is 13.9. The van der Waals surface area contributed by atoms with Crippen LogP contribution in [0.3, 0.4) is 0 Å². The van der Waals surface area contributed by atoms with Crippen molar-refractivity contribution in [3.8, 4) is 34.1 Å². The lowest BCUT2D eigenvalue weighted by atomic mass is 9.68. The Kier molecular flexibility index (Phi) is 9.08. The fourth-order valence-electron chi connectivity index (χ4n) is 7.69. The molecule has 0 heterocycles. The van der Waals surface area contributed by atoms with Crippen molar-refractivity contribution in [1.82, 2.24) is 0 Å². The maximum Gasteiger partial charge on any atom is 0.206 e. The predicted octanol–water partition coefficient (Wildman–Crippen LogP) is 11.3. The average Bonchev–Trinajstić information content (AvgIpc) is 3.56. The molecule has 278 valence electrons. The number of sulfone groups is 2. The zero-order chi connectivity index (χ0) is 39.0. The van der Waals surface area contributed by atoms with Gasteiger partial charge in [0.25, 0.3) is 0 Å². The first-order valence-electron chi connectivity index (χ1n) is 18.3. The van der Waals surface area contributed by atoms with Crippen molar-refractivity contribution < 1.29 is 26.3 Å².